The third kappa shape index (κ3) is 3.97. The average molecular weight is 350 g/mol. The van der Waals surface area contributed by atoms with Gasteiger partial charge in [0, 0.05) is 6.04 Å². The second-order valence-corrected chi connectivity index (χ2v) is 6.28. The maximum absolute atomic E-state index is 11.9. The van der Waals surface area contributed by atoms with Crippen molar-refractivity contribution in [1.82, 2.24) is 5.32 Å². The Hall–Kier alpha value is -1.55. The number of ether oxygens (including phenoxy) is 1. The lowest BCUT2D eigenvalue weighted by atomic mass is 10.1. The predicted molar refractivity (Wildman–Crippen MR) is 89.6 cm³/mol. The molecule has 0 unspecified atom stereocenters. The summed E-state index contributed by atoms with van der Waals surface area (Å²) in [5, 5.41) is 5.14. The number of hydrogen-bond donors (Lipinski definition) is 1. The van der Waals surface area contributed by atoms with E-state index in [0.717, 1.165) is 15.2 Å². The summed E-state index contributed by atoms with van der Waals surface area (Å²) in [5.74, 6) is 0.985. The molecular weight excluding hydrogens is 330 g/mol. The van der Waals surface area contributed by atoms with Crippen LogP contribution in [0, 0.1) is 5.92 Å². The van der Waals surface area contributed by atoms with Crippen LogP contribution in [0.25, 0.3) is 10.8 Å². The van der Waals surface area contributed by atoms with Crippen LogP contribution in [0.15, 0.2) is 40.9 Å². The van der Waals surface area contributed by atoms with Gasteiger partial charge in [0.2, 0.25) is 0 Å². The highest BCUT2D eigenvalue weighted by atomic mass is 79.9. The van der Waals surface area contributed by atoms with Gasteiger partial charge in [0.15, 0.2) is 6.61 Å². The molecular formula is C17H20BrNO2. The molecule has 0 aliphatic heterocycles. The Morgan fingerprint density at radius 1 is 1.19 bits per heavy atom. The SMILES string of the molecule is CC(C)[C@@H](C)NC(=O)COc1ccc2ccccc2c1Br. The van der Waals surface area contributed by atoms with Gasteiger partial charge in [-0.25, -0.2) is 0 Å². The number of carbonyl (C=O) groups excluding carboxylic acids is 1. The number of benzene rings is 2. The van der Waals surface area contributed by atoms with Gasteiger partial charge < -0.3 is 10.1 Å². The van der Waals surface area contributed by atoms with E-state index in [1.54, 1.807) is 0 Å². The van der Waals surface area contributed by atoms with Gasteiger partial charge in [0.25, 0.3) is 5.91 Å². The van der Waals surface area contributed by atoms with Crippen molar-refractivity contribution >= 4 is 32.6 Å². The second kappa shape index (κ2) is 6.94. The normalized spacial score (nSPS) is 12.4. The smallest absolute Gasteiger partial charge is 0.258 e. The molecule has 1 amide bonds. The maximum atomic E-state index is 11.9. The van der Waals surface area contributed by atoms with Crippen LogP contribution in [0.2, 0.25) is 0 Å². The molecule has 1 N–H and O–H groups in total. The molecule has 21 heavy (non-hydrogen) atoms. The first-order valence-electron chi connectivity index (χ1n) is 7.08. The van der Waals surface area contributed by atoms with E-state index in [-0.39, 0.29) is 18.6 Å². The van der Waals surface area contributed by atoms with Crippen molar-refractivity contribution in [2.24, 2.45) is 5.92 Å². The quantitative estimate of drug-likeness (QED) is 0.880. The van der Waals surface area contributed by atoms with E-state index in [4.69, 9.17) is 4.74 Å². The average Bonchev–Trinajstić information content (AvgIpc) is 2.46. The topological polar surface area (TPSA) is 38.3 Å². The fraction of sp³-hybridized carbons (Fsp3) is 0.353. The monoisotopic (exact) mass is 349 g/mol. The second-order valence-electron chi connectivity index (χ2n) is 5.49. The highest BCUT2D eigenvalue weighted by molar-refractivity contribution is 9.10. The van der Waals surface area contributed by atoms with Gasteiger partial charge in [0.1, 0.15) is 5.75 Å². The van der Waals surface area contributed by atoms with Crippen LogP contribution in [0.3, 0.4) is 0 Å². The van der Waals surface area contributed by atoms with Crippen molar-refractivity contribution in [2.45, 2.75) is 26.8 Å². The molecule has 3 nitrogen and oxygen atoms in total. The lowest BCUT2D eigenvalue weighted by Gasteiger charge is -2.17. The van der Waals surface area contributed by atoms with Crippen molar-refractivity contribution in [3.05, 3.63) is 40.9 Å². The number of rotatable bonds is 5. The van der Waals surface area contributed by atoms with E-state index in [9.17, 15) is 4.79 Å². The minimum absolute atomic E-state index is 0.0218. The first-order chi connectivity index (χ1) is 9.99. The molecule has 0 fully saturated rings. The Balaban J connectivity index is 2.04. The Labute approximate surface area is 133 Å². The summed E-state index contributed by atoms with van der Waals surface area (Å²) in [4.78, 5) is 11.9. The third-order valence-electron chi connectivity index (χ3n) is 3.58. The summed E-state index contributed by atoms with van der Waals surface area (Å²) in [6.07, 6.45) is 0. The number of carbonyl (C=O) groups is 1. The Morgan fingerprint density at radius 2 is 1.90 bits per heavy atom. The molecule has 0 saturated heterocycles. The molecule has 0 saturated carbocycles. The highest BCUT2D eigenvalue weighted by Gasteiger charge is 2.12. The van der Waals surface area contributed by atoms with E-state index in [1.807, 2.05) is 43.3 Å². The number of nitrogens with one attached hydrogen (secondary N) is 1. The van der Waals surface area contributed by atoms with Gasteiger partial charge >= 0.3 is 0 Å². The first-order valence-corrected chi connectivity index (χ1v) is 7.87. The van der Waals surface area contributed by atoms with E-state index in [0.29, 0.717) is 11.7 Å². The Kier molecular flexibility index (Phi) is 5.23. The molecule has 0 aliphatic carbocycles. The van der Waals surface area contributed by atoms with Crippen LogP contribution < -0.4 is 10.1 Å². The summed E-state index contributed by atoms with van der Waals surface area (Å²) in [5.41, 5.74) is 0. The molecule has 0 aliphatic rings. The van der Waals surface area contributed by atoms with Crippen LogP contribution in [0.1, 0.15) is 20.8 Å². The number of amides is 1. The van der Waals surface area contributed by atoms with E-state index < -0.39 is 0 Å². The van der Waals surface area contributed by atoms with E-state index in [2.05, 4.69) is 35.1 Å². The standard InChI is InChI=1S/C17H20BrNO2/c1-11(2)12(3)19-16(20)10-21-15-9-8-13-6-4-5-7-14(13)17(15)18/h4-9,11-12H,10H2,1-3H3,(H,19,20)/t12-/m1/s1. The minimum atomic E-state index is -0.101. The molecule has 2 rings (SSSR count). The minimum Gasteiger partial charge on any atom is -0.483 e. The van der Waals surface area contributed by atoms with Crippen LogP contribution >= 0.6 is 15.9 Å². The maximum Gasteiger partial charge on any atom is 0.258 e. The molecule has 0 spiro atoms. The van der Waals surface area contributed by atoms with Crippen LogP contribution in [-0.2, 0) is 4.79 Å². The molecule has 4 heteroatoms. The zero-order valence-corrected chi connectivity index (χ0v) is 14.1. The summed E-state index contributed by atoms with van der Waals surface area (Å²) >= 11 is 3.55. The van der Waals surface area contributed by atoms with Crippen molar-refractivity contribution in [2.75, 3.05) is 6.61 Å². The Morgan fingerprint density at radius 3 is 2.62 bits per heavy atom. The molecule has 112 valence electrons. The fourth-order valence-electron chi connectivity index (χ4n) is 1.93. The van der Waals surface area contributed by atoms with Gasteiger partial charge in [-0.3, -0.25) is 4.79 Å². The van der Waals surface area contributed by atoms with Crippen LogP contribution in [-0.4, -0.2) is 18.6 Å². The summed E-state index contributed by atoms with van der Waals surface area (Å²) in [7, 11) is 0. The highest BCUT2D eigenvalue weighted by Crippen LogP contribution is 2.32. The predicted octanol–water partition coefficient (Wildman–Crippen LogP) is 4.14. The first kappa shape index (κ1) is 15.8. The van der Waals surface area contributed by atoms with Gasteiger partial charge in [0.05, 0.1) is 4.47 Å². The van der Waals surface area contributed by atoms with Crippen molar-refractivity contribution in [1.29, 1.82) is 0 Å². The largest absolute Gasteiger partial charge is 0.483 e. The molecule has 2 aromatic rings. The number of hydrogen-bond acceptors (Lipinski definition) is 2. The zero-order valence-electron chi connectivity index (χ0n) is 12.5. The fourth-order valence-corrected chi connectivity index (χ4v) is 2.54. The third-order valence-corrected chi connectivity index (χ3v) is 4.39. The summed E-state index contributed by atoms with van der Waals surface area (Å²) in [6.45, 7) is 6.17. The molecule has 0 bridgehead atoms. The number of fused-ring (bicyclic) bond motifs is 1. The van der Waals surface area contributed by atoms with Gasteiger partial charge in [-0.2, -0.15) is 0 Å². The van der Waals surface area contributed by atoms with Crippen molar-refractivity contribution in [3.8, 4) is 5.75 Å². The van der Waals surface area contributed by atoms with E-state index >= 15 is 0 Å². The van der Waals surface area contributed by atoms with Gasteiger partial charge in [-0.1, -0.05) is 44.2 Å². The Bertz CT molecular complexity index is 640. The molecule has 0 heterocycles. The van der Waals surface area contributed by atoms with E-state index in [1.165, 1.54) is 0 Å². The molecule has 0 radical (unpaired) electrons. The summed E-state index contributed by atoms with van der Waals surface area (Å²) < 4.78 is 6.51. The van der Waals surface area contributed by atoms with Crippen molar-refractivity contribution in [3.63, 3.8) is 0 Å². The zero-order chi connectivity index (χ0) is 15.4. The number of halogens is 1. The molecule has 2 aromatic carbocycles. The van der Waals surface area contributed by atoms with Gasteiger partial charge in [-0.15, -0.1) is 0 Å². The van der Waals surface area contributed by atoms with Crippen LogP contribution in [0.4, 0.5) is 0 Å². The van der Waals surface area contributed by atoms with Crippen molar-refractivity contribution < 1.29 is 9.53 Å². The van der Waals surface area contributed by atoms with Gasteiger partial charge in [-0.05, 0) is 45.6 Å². The molecule has 0 aromatic heterocycles. The van der Waals surface area contributed by atoms with Crippen LogP contribution in [0.5, 0.6) is 5.75 Å². The summed E-state index contributed by atoms with van der Waals surface area (Å²) in [6, 6.07) is 12.1. The lowest BCUT2D eigenvalue weighted by molar-refractivity contribution is -0.124. The molecule has 1 atom stereocenters. The lowest BCUT2D eigenvalue weighted by Crippen LogP contribution is -2.38.